The zero-order valence-electron chi connectivity index (χ0n) is 10.5. The van der Waals surface area contributed by atoms with E-state index >= 15 is 0 Å². The first-order chi connectivity index (χ1) is 10.1. The first-order valence-electron chi connectivity index (χ1n) is 5.86. The number of rotatable bonds is 2. The molecular formula is C13H8Cl3N5. The number of hydrogen-bond acceptors (Lipinski definition) is 4. The average Bonchev–Trinajstić information content (AvgIpc) is 2.93. The highest BCUT2D eigenvalue weighted by Crippen LogP contribution is 2.32. The fourth-order valence-electron chi connectivity index (χ4n) is 1.90. The van der Waals surface area contributed by atoms with E-state index in [1.54, 1.807) is 36.4 Å². The second-order valence-electron chi connectivity index (χ2n) is 4.21. The molecule has 8 heteroatoms. The van der Waals surface area contributed by atoms with E-state index in [2.05, 4.69) is 15.5 Å². The summed E-state index contributed by atoms with van der Waals surface area (Å²) in [6.07, 6.45) is 0. The van der Waals surface area contributed by atoms with E-state index < -0.39 is 0 Å². The molecule has 0 saturated heterocycles. The van der Waals surface area contributed by atoms with Crippen molar-refractivity contribution < 1.29 is 0 Å². The number of halogens is 3. The van der Waals surface area contributed by atoms with Crippen molar-refractivity contribution in [3.63, 3.8) is 0 Å². The lowest BCUT2D eigenvalue weighted by atomic mass is 10.1. The van der Waals surface area contributed by atoms with E-state index in [0.29, 0.717) is 37.8 Å². The average molecular weight is 341 g/mol. The fourth-order valence-corrected chi connectivity index (χ4v) is 2.44. The Morgan fingerprint density at radius 2 is 1.81 bits per heavy atom. The number of nitrogens with two attached hydrogens (primary N) is 1. The maximum absolute atomic E-state index is 6.19. The second-order valence-corrected chi connectivity index (χ2v) is 5.46. The zero-order chi connectivity index (χ0) is 15.0. The van der Waals surface area contributed by atoms with Crippen molar-refractivity contribution in [3.8, 4) is 17.1 Å². The minimum absolute atomic E-state index is 0.397. The van der Waals surface area contributed by atoms with Gasteiger partial charge in [-0.25, -0.2) is 0 Å². The summed E-state index contributed by atoms with van der Waals surface area (Å²) < 4.78 is 1.47. The molecule has 2 N–H and O–H groups in total. The monoisotopic (exact) mass is 339 g/mol. The van der Waals surface area contributed by atoms with Crippen molar-refractivity contribution in [1.82, 2.24) is 20.2 Å². The minimum atomic E-state index is 0.397. The SMILES string of the molecule is Nc1c(Cl)cccc1-c1nnnn1-c1cc(Cl)ccc1Cl. The molecule has 2 aromatic carbocycles. The fraction of sp³-hybridized carbons (Fsp3) is 0. The van der Waals surface area contributed by atoms with Crippen LogP contribution in [0, 0.1) is 0 Å². The topological polar surface area (TPSA) is 69.6 Å². The zero-order valence-corrected chi connectivity index (χ0v) is 12.7. The van der Waals surface area contributed by atoms with Gasteiger partial charge < -0.3 is 5.73 Å². The van der Waals surface area contributed by atoms with Crippen LogP contribution in [0.25, 0.3) is 17.1 Å². The number of aromatic nitrogens is 4. The van der Waals surface area contributed by atoms with Crippen molar-refractivity contribution in [2.24, 2.45) is 0 Å². The van der Waals surface area contributed by atoms with E-state index in [0.717, 1.165) is 0 Å². The third-order valence-corrected chi connectivity index (χ3v) is 3.78. The number of hydrogen-bond donors (Lipinski definition) is 1. The van der Waals surface area contributed by atoms with E-state index in [9.17, 15) is 0 Å². The van der Waals surface area contributed by atoms with Crippen LogP contribution in [0.3, 0.4) is 0 Å². The summed E-state index contributed by atoms with van der Waals surface area (Å²) in [5, 5.41) is 13.0. The molecule has 0 amide bonds. The van der Waals surface area contributed by atoms with Crippen molar-refractivity contribution in [2.45, 2.75) is 0 Å². The first kappa shape index (κ1) is 14.1. The Morgan fingerprint density at radius 3 is 2.62 bits per heavy atom. The summed E-state index contributed by atoms with van der Waals surface area (Å²) in [5.74, 6) is 0.430. The van der Waals surface area contributed by atoms with Crippen LogP contribution in [0.1, 0.15) is 0 Å². The third kappa shape index (κ3) is 2.55. The number of para-hydroxylation sites is 1. The van der Waals surface area contributed by atoms with Gasteiger partial charge in [0.25, 0.3) is 0 Å². The predicted molar refractivity (Wildman–Crippen MR) is 84.0 cm³/mol. The Kier molecular flexibility index (Phi) is 3.71. The van der Waals surface area contributed by atoms with Crippen molar-refractivity contribution in [3.05, 3.63) is 51.5 Å². The molecule has 1 aromatic heterocycles. The minimum Gasteiger partial charge on any atom is -0.397 e. The van der Waals surface area contributed by atoms with Crippen LogP contribution < -0.4 is 5.73 Å². The van der Waals surface area contributed by atoms with Crippen LogP contribution in [0.2, 0.25) is 15.1 Å². The van der Waals surface area contributed by atoms with Crippen molar-refractivity contribution >= 4 is 40.5 Å². The molecule has 0 aliphatic carbocycles. The maximum atomic E-state index is 6.19. The summed E-state index contributed by atoms with van der Waals surface area (Å²) in [5.41, 5.74) is 7.56. The van der Waals surface area contributed by atoms with Gasteiger partial charge in [-0.05, 0) is 40.8 Å². The first-order valence-corrected chi connectivity index (χ1v) is 6.99. The molecule has 3 rings (SSSR count). The smallest absolute Gasteiger partial charge is 0.189 e. The summed E-state index contributed by atoms with van der Waals surface area (Å²) in [6, 6.07) is 10.3. The van der Waals surface area contributed by atoms with E-state index in [1.165, 1.54) is 4.68 Å². The Hall–Kier alpha value is -1.82. The third-order valence-electron chi connectivity index (χ3n) is 2.90. The van der Waals surface area contributed by atoms with Gasteiger partial charge in [0, 0.05) is 10.6 Å². The molecule has 0 saturated carbocycles. The van der Waals surface area contributed by atoms with Gasteiger partial charge >= 0.3 is 0 Å². The van der Waals surface area contributed by atoms with Crippen LogP contribution in [-0.2, 0) is 0 Å². The van der Waals surface area contributed by atoms with Crippen LogP contribution in [0.4, 0.5) is 5.69 Å². The number of nitrogen functional groups attached to an aromatic ring is 1. The molecule has 0 spiro atoms. The van der Waals surface area contributed by atoms with Crippen LogP contribution >= 0.6 is 34.8 Å². The molecule has 0 radical (unpaired) electrons. The molecule has 0 unspecified atom stereocenters. The lowest BCUT2D eigenvalue weighted by molar-refractivity contribution is 0.791. The largest absolute Gasteiger partial charge is 0.397 e. The molecule has 5 nitrogen and oxygen atoms in total. The Bertz CT molecular complexity index is 799. The van der Waals surface area contributed by atoms with Crippen LogP contribution in [0.5, 0.6) is 0 Å². The normalized spacial score (nSPS) is 10.8. The number of nitrogens with zero attached hydrogens (tertiary/aromatic N) is 4. The second kappa shape index (κ2) is 5.52. The van der Waals surface area contributed by atoms with Crippen LogP contribution in [-0.4, -0.2) is 20.2 Å². The van der Waals surface area contributed by atoms with Gasteiger partial charge in [0.05, 0.1) is 21.4 Å². The summed E-state index contributed by atoms with van der Waals surface area (Å²) in [6.45, 7) is 0. The highest BCUT2D eigenvalue weighted by Gasteiger charge is 2.16. The van der Waals surface area contributed by atoms with Gasteiger partial charge in [0.15, 0.2) is 5.82 Å². The molecule has 0 aliphatic rings. The highest BCUT2D eigenvalue weighted by molar-refractivity contribution is 6.34. The van der Waals surface area contributed by atoms with E-state index in [4.69, 9.17) is 40.5 Å². The highest BCUT2D eigenvalue weighted by atomic mass is 35.5. The van der Waals surface area contributed by atoms with Gasteiger partial charge in [-0.1, -0.05) is 40.9 Å². The Balaban J connectivity index is 2.22. The van der Waals surface area contributed by atoms with Crippen molar-refractivity contribution in [1.29, 1.82) is 0 Å². The van der Waals surface area contributed by atoms with E-state index in [1.807, 2.05) is 0 Å². The standard InChI is InChI=1S/C13H8Cl3N5/c14-7-4-5-9(15)11(6-7)21-13(18-19-20-21)8-2-1-3-10(16)12(8)17/h1-6H,17H2. The van der Waals surface area contributed by atoms with Gasteiger partial charge in [-0.3, -0.25) is 0 Å². The van der Waals surface area contributed by atoms with Crippen molar-refractivity contribution in [2.75, 3.05) is 5.73 Å². The lowest BCUT2D eigenvalue weighted by Gasteiger charge is -2.09. The molecular weight excluding hydrogens is 333 g/mol. The molecule has 0 atom stereocenters. The summed E-state index contributed by atoms with van der Waals surface area (Å²) in [7, 11) is 0. The lowest BCUT2D eigenvalue weighted by Crippen LogP contribution is -2.02. The molecule has 3 aromatic rings. The molecule has 0 aliphatic heterocycles. The van der Waals surface area contributed by atoms with Gasteiger partial charge in [-0.15, -0.1) is 5.10 Å². The predicted octanol–water partition coefficient (Wildman–Crippen LogP) is 3.87. The van der Waals surface area contributed by atoms with Gasteiger partial charge in [0.2, 0.25) is 0 Å². The molecule has 21 heavy (non-hydrogen) atoms. The molecule has 0 fully saturated rings. The number of benzene rings is 2. The van der Waals surface area contributed by atoms with Gasteiger partial charge in [-0.2, -0.15) is 4.68 Å². The summed E-state index contributed by atoms with van der Waals surface area (Å²) in [4.78, 5) is 0. The van der Waals surface area contributed by atoms with E-state index in [-0.39, 0.29) is 0 Å². The Morgan fingerprint density at radius 1 is 1.00 bits per heavy atom. The Labute approximate surface area is 135 Å². The maximum Gasteiger partial charge on any atom is 0.189 e. The summed E-state index contributed by atoms with van der Waals surface area (Å²) >= 11 is 18.2. The molecule has 1 heterocycles. The van der Waals surface area contributed by atoms with Crippen LogP contribution in [0.15, 0.2) is 36.4 Å². The molecule has 106 valence electrons. The quantitative estimate of drug-likeness (QED) is 0.719. The number of anilines is 1. The molecule has 0 bridgehead atoms. The number of tetrazole rings is 1. The van der Waals surface area contributed by atoms with Gasteiger partial charge in [0.1, 0.15) is 0 Å².